The van der Waals surface area contributed by atoms with E-state index in [4.69, 9.17) is 13.9 Å². The molecule has 182 valence electrons. The minimum atomic E-state index is -0.925. The van der Waals surface area contributed by atoms with E-state index in [0.29, 0.717) is 36.9 Å². The molecule has 7 nitrogen and oxygen atoms in total. The van der Waals surface area contributed by atoms with Crippen LogP contribution in [0.3, 0.4) is 0 Å². The molecule has 2 heterocycles. The van der Waals surface area contributed by atoms with Crippen molar-refractivity contribution < 1.29 is 33.0 Å². The molecule has 1 amide bonds. The van der Waals surface area contributed by atoms with Crippen molar-refractivity contribution in [2.75, 3.05) is 19.8 Å². The number of ketones is 1. The number of Topliss-reactive ketones (excluding diaryl/α,β-unsaturated/α-hetero) is 1. The number of carbonyl (C=O) groups excluding carboxylic acids is 2. The Bertz CT molecular complexity index is 1230. The van der Waals surface area contributed by atoms with E-state index in [1.54, 1.807) is 49.4 Å². The van der Waals surface area contributed by atoms with Crippen LogP contribution < -0.4 is 9.47 Å². The van der Waals surface area contributed by atoms with Crippen LogP contribution in [0.4, 0.5) is 4.39 Å². The molecule has 0 spiro atoms. The second kappa shape index (κ2) is 10.5. The number of furan rings is 1. The largest absolute Gasteiger partial charge is 0.507 e. The van der Waals surface area contributed by atoms with Gasteiger partial charge in [-0.05, 0) is 62.2 Å². The zero-order valence-electron chi connectivity index (χ0n) is 19.5. The van der Waals surface area contributed by atoms with Gasteiger partial charge in [0.2, 0.25) is 0 Å². The van der Waals surface area contributed by atoms with Gasteiger partial charge in [-0.25, -0.2) is 4.39 Å². The summed E-state index contributed by atoms with van der Waals surface area (Å²) in [7, 11) is 0. The molecule has 35 heavy (non-hydrogen) atoms. The van der Waals surface area contributed by atoms with Crippen molar-refractivity contribution in [1.82, 2.24) is 4.90 Å². The number of amides is 1. The van der Waals surface area contributed by atoms with Gasteiger partial charge in [-0.3, -0.25) is 9.59 Å². The quantitative estimate of drug-likeness (QED) is 0.267. The number of hydrogen-bond donors (Lipinski definition) is 1. The molecule has 2 aromatic carbocycles. The Balaban J connectivity index is 1.76. The fourth-order valence-corrected chi connectivity index (χ4v) is 4.13. The highest BCUT2D eigenvalue weighted by molar-refractivity contribution is 6.46. The number of rotatable bonds is 9. The highest BCUT2D eigenvalue weighted by atomic mass is 19.1. The fraction of sp³-hybridized carbons (Fsp3) is 0.259. The van der Waals surface area contributed by atoms with Gasteiger partial charge >= 0.3 is 0 Å². The fourth-order valence-electron chi connectivity index (χ4n) is 4.13. The van der Waals surface area contributed by atoms with Gasteiger partial charge in [0.15, 0.2) is 0 Å². The van der Waals surface area contributed by atoms with E-state index in [9.17, 15) is 19.1 Å². The molecular weight excluding hydrogens is 453 g/mol. The summed E-state index contributed by atoms with van der Waals surface area (Å²) < 4.78 is 30.1. The number of benzene rings is 2. The van der Waals surface area contributed by atoms with E-state index in [0.717, 1.165) is 5.56 Å². The molecule has 1 N–H and O–H groups in total. The minimum Gasteiger partial charge on any atom is -0.507 e. The van der Waals surface area contributed by atoms with E-state index in [2.05, 4.69) is 0 Å². The number of nitrogens with zero attached hydrogens (tertiary/aromatic N) is 1. The van der Waals surface area contributed by atoms with Crippen LogP contribution in [0.1, 0.15) is 36.8 Å². The summed E-state index contributed by atoms with van der Waals surface area (Å²) >= 11 is 0. The molecule has 0 bridgehead atoms. The molecule has 1 aliphatic rings. The van der Waals surface area contributed by atoms with Crippen LogP contribution in [0, 0.1) is 5.82 Å². The normalized spacial score (nSPS) is 17.1. The van der Waals surface area contributed by atoms with Gasteiger partial charge in [-0.1, -0.05) is 12.1 Å². The van der Waals surface area contributed by atoms with E-state index >= 15 is 0 Å². The maximum absolute atomic E-state index is 13.3. The lowest BCUT2D eigenvalue weighted by molar-refractivity contribution is -0.140. The average molecular weight is 480 g/mol. The predicted molar refractivity (Wildman–Crippen MR) is 127 cm³/mol. The monoisotopic (exact) mass is 479 g/mol. The molecule has 1 aromatic heterocycles. The molecule has 3 aromatic rings. The summed E-state index contributed by atoms with van der Waals surface area (Å²) in [6, 6.07) is 13.2. The van der Waals surface area contributed by atoms with Crippen molar-refractivity contribution in [3.63, 3.8) is 0 Å². The van der Waals surface area contributed by atoms with E-state index in [1.807, 2.05) is 6.92 Å². The minimum absolute atomic E-state index is 0.0887. The third-order valence-corrected chi connectivity index (χ3v) is 5.73. The zero-order valence-corrected chi connectivity index (χ0v) is 19.5. The Labute approximate surface area is 202 Å². The maximum Gasteiger partial charge on any atom is 0.295 e. The molecule has 1 atom stereocenters. The number of carbonyl (C=O) groups is 2. The van der Waals surface area contributed by atoms with Gasteiger partial charge < -0.3 is 23.9 Å². The average Bonchev–Trinajstić information content (AvgIpc) is 3.46. The summed E-state index contributed by atoms with van der Waals surface area (Å²) in [6.07, 6.45) is 1.83. The molecule has 0 saturated carbocycles. The van der Waals surface area contributed by atoms with Crippen LogP contribution in [-0.4, -0.2) is 41.5 Å². The first-order valence-electron chi connectivity index (χ1n) is 11.4. The van der Waals surface area contributed by atoms with Crippen molar-refractivity contribution in [1.29, 1.82) is 0 Å². The van der Waals surface area contributed by atoms with Gasteiger partial charge in [0, 0.05) is 12.6 Å². The second-order valence-electron chi connectivity index (χ2n) is 7.91. The first kappa shape index (κ1) is 24.1. The van der Waals surface area contributed by atoms with Crippen LogP contribution in [-0.2, 0) is 16.0 Å². The van der Waals surface area contributed by atoms with Gasteiger partial charge in [0.25, 0.3) is 11.7 Å². The number of likely N-dealkylation sites (tertiary alicyclic amines) is 1. The molecule has 0 radical (unpaired) electrons. The van der Waals surface area contributed by atoms with Crippen molar-refractivity contribution in [2.24, 2.45) is 0 Å². The highest BCUT2D eigenvalue weighted by Gasteiger charge is 2.47. The number of hydrogen-bond acceptors (Lipinski definition) is 6. The van der Waals surface area contributed by atoms with Gasteiger partial charge in [-0.2, -0.15) is 0 Å². The summed E-state index contributed by atoms with van der Waals surface area (Å²) in [5, 5.41) is 11.3. The third-order valence-electron chi connectivity index (χ3n) is 5.73. The maximum atomic E-state index is 13.3. The number of halogens is 1. The van der Waals surface area contributed by atoms with Crippen LogP contribution in [0.5, 0.6) is 11.5 Å². The smallest absolute Gasteiger partial charge is 0.295 e. The molecule has 1 aliphatic heterocycles. The molecule has 4 rings (SSSR count). The highest BCUT2D eigenvalue weighted by Crippen LogP contribution is 2.41. The summed E-state index contributed by atoms with van der Waals surface area (Å²) in [5.74, 6) is -1.07. The van der Waals surface area contributed by atoms with Gasteiger partial charge in [0.1, 0.15) is 34.9 Å². The zero-order chi connectivity index (χ0) is 24.9. The first-order valence-corrected chi connectivity index (χ1v) is 11.4. The molecule has 1 fully saturated rings. The van der Waals surface area contributed by atoms with Crippen molar-refractivity contribution in [3.05, 3.63) is 89.1 Å². The third kappa shape index (κ3) is 4.91. The Kier molecular flexibility index (Phi) is 7.19. The van der Waals surface area contributed by atoms with Crippen LogP contribution >= 0.6 is 0 Å². The topological polar surface area (TPSA) is 89.2 Å². The van der Waals surface area contributed by atoms with Gasteiger partial charge in [-0.15, -0.1) is 0 Å². The van der Waals surface area contributed by atoms with E-state index in [-0.39, 0.29) is 29.3 Å². The molecule has 1 saturated heterocycles. The Morgan fingerprint density at radius 3 is 2.46 bits per heavy atom. The summed E-state index contributed by atoms with van der Waals surface area (Å²) in [5.41, 5.74) is 0.981. The molecule has 8 heteroatoms. The Morgan fingerprint density at radius 1 is 1.06 bits per heavy atom. The summed E-state index contributed by atoms with van der Waals surface area (Å²) in [4.78, 5) is 27.6. The van der Waals surface area contributed by atoms with Gasteiger partial charge in [0.05, 0.1) is 30.6 Å². The van der Waals surface area contributed by atoms with Crippen LogP contribution in [0.25, 0.3) is 5.76 Å². The van der Waals surface area contributed by atoms with Crippen LogP contribution in [0.2, 0.25) is 0 Å². The first-order chi connectivity index (χ1) is 16.9. The molecular formula is C27H26FNO6. The lowest BCUT2D eigenvalue weighted by Gasteiger charge is -2.23. The number of ether oxygens (including phenoxy) is 2. The predicted octanol–water partition coefficient (Wildman–Crippen LogP) is 4.88. The lowest BCUT2D eigenvalue weighted by atomic mass is 9.98. The van der Waals surface area contributed by atoms with Crippen molar-refractivity contribution in [3.8, 4) is 11.5 Å². The van der Waals surface area contributed by atoms with Crippen LogP contribution in [0.15, 0.2) is 70.9 Å². The number of aliphatic hydroxyl groups is 1. The van der Waals surface area contributed by atoms with Crippen molar-refractivity contribution in [2.45, 2.75) is 26.3 Å². The molecule has 0 aliphatic carbocycles. The second-order valence-corrected chi connectivity index (χ2v) is 7.91. The summed E-state index contributed by atoms with van der Waals surface area (Å²) in [6.45, 7) is 4.59. The standard InChI is InChI=1S/C27H26FNO6/c1-3-33-19-11-12-20(22(16-19)34-4-2)25(30)23-24(21-6-5-15-35-21)29(27(32)26(23)31)14-13-17-7-9-18(28)10-8-17/h5-12,15-16,24,30H,3-4,13-14H2,1-2H3/b25-23-. The Morgan fingerprint density at radius 2 is 1.80 bits per heavy atom. The lowest BCUT2D eigenvalue weighted by Crippen LogP contribution is -2.31. The van der Waals surface area contributed by atoms with Crippen molar-refractivity contribution >= 4 is 17.4 Å². The number of aliphatic hydroxyl groups excluding tert-OH is 1. The molecule has 1 unspecified atom stereocenters. The van der Waals surface area contributed by atoms with E-state index < -0.39 is 17.7 Å². The van der Waals surface area contributed by atoms with E-state index in [1.165, 1.54) is 23.3 Å². The Hall–Kier alpha value is -4.07. The SMILES string of the molecule is CCOc1ccc(/C(O)=C2/C(=O)C(=O)N(CCc3ccc(F)cc3)C2c2ccco2)c(OCC)c1.